The molecule has 0 aliphatic carbocycles. The van der Waals surface area contributed by atoms with E-state index in [0.717, 1.165) is 13.0 Å². The van der Waals surface area contributed by atoms with Crippen LogP contribution < -0.4 is 10.6 Å². The Morgan fingerprint density at radius 1 is 1.42 bits per heavy atom. The summed E-state index contributed by atoms with van der Waals surface area (Å²) in [6.45, 7) is 4.67. The zero-order valence-electron chi connectivity index (χ0n) is 11.6. The molecule has 0 saturated carbocycles. The summed E-state index contributed by atoms with van der Waals surface area (Å²) in [5, 5.41) is 15.2. The van der Waals surface area contributed by atoms with Gasteiger partial charge in [0.2, 0.25) is 5.91 Å². The molecule has 1 amide bonds. The fourth-order valence-electron chi connectivity index (χ4n) is 2.40. The topological polar surface area (TPSA) is 61.4 Å². The van der Waals surface area contributed by atoms with E-state index in [1.807, 2.05) is 26.0 Å². The van der Waals surface area contributed by atoms with Crippen LogP contribution in [0.15, 0.2) is 24.3 Å². The third-order valence-corrected chi connectivity index (χ3v) is 3.60. The maximum absolute atomic E-state index is 12.2. The van der Waals surface area contributed by atoms with E-state index in [2.05, 4.69) is 22.8 Å². The molecular weight excluding hydrogens is 240 g/mol. The van der Waals surface area contributed by atoms with Gasteiger partial charge in [-0.25, -0.2) is 0 Å². The highest BCUT2D eigenvalue weighted by molar-refractivity contribution is 5.83. The van der Waals surface area contributed by atoms with Crippen LogP contribution in [0.1, 0.15) is 31.4 Å². The van der Waals surface area contributed by atoms with E-state index in [1.165, 1.54) is 11.1 Å². The maximum Gasteiger partial charge on any atom is 0.237 e. The summed E-state index contributed by atoms with van der Waals surface area (Å²) >= 11 is 0. The number of fused-ring (bicyclic) bond motifs is 1. The van der Waals surface area contributed by atoms with Crippen LogP contribution >= 0.6 is 0 Å². The number of carbonyl (C=O) groups is 1. The molecule has 1 aliphatic heterocycles. The fraction of sp³-hybridized carbons (Fsp3) is 0.533. The van der Waals surface area contributed by atoms with E-state index in [-0.39, 0.29) is 24.1 Å². The van der Waals surface area contributed by atoms with E-state index < -0.39 is 0 Å². The zero-order valence-corrected chi connectivity index (χ0v) is 11.6. The van der Waals surface area contributed by atoms with Crippen molar-refractivity contribution >= 4 is 5.91 Å². The lowest BCUT2D eigenvalue weighted by atomic mass is 9.94. The van der Waals surface area contributed by atoms with E-state index in [1.54, 1.807) is 0 Å². The van der Waals surface area contributed by atoms with Gasteiger partial charge in [-0.05, 0) is 37.8 Å². The number of carbonyl (C=O) groups excluding carboxylic acids is 1. The number of benzene rings is 1. The Kier molecular flexibility index (Phi) is 4.22. The molecule has 1 unspecified atom stereocenters. The second-order valence-electron chi connectivity index (χ2n) is 5.75. The van der Waals surface area contributed by atoms with Gasteiger partial charge < -0.3 is 15.7 Å². The van der Waals surface area contributed by atoms with Crippen molar-refractivity contribution < 1.29 is 9.90 Å². The van der Waals surface area contributed by atoms with Gasteiger partial charge in [0.25, 0.3) is 0 Å². The number of hydrogen-bond donors (Lipinski definition) is 3. The van der Waals surface area contributed by atoms with Crippen LogP contribution in [0.5, 0.6) is 0 Å². The molecule has 1 aromatic carbocycles. The number of aliphatic hydroxyl groups excluding tert-OH is 1. The molecule has 1 aromatic rings. The average molecular weight is 262 g/mol. The number of aliphatic hydroxyl groups is 1. The van der Waals surface area contributed by atoms with E-state index >= 15 is 0 Å². The van der Waals surface area contributed by atoms with Gasteiger partial charge >= 0.3 is 0 Å². The molecule has 104 valence electrons. The number of amides is 1. The lowest BCUT2D eigenvalue weighted by molar-refractivity contribution is -0.125. The smallest absolute Gasteiger partial charge is 0.237 e. The first kappa shape index (κ1) is 14.0. The van der Waals surface area contributed by atoms with Gasteiger partial charge in [0.15, 0.2) is 0 Å². The lowest BCUT2D eigenvalue weighted by Gasteiger charge is -2.31. The molecule has 0 radical (unpaired) electrons. The van der Waals surface area contributed by atoms with Crippen molar-refractivity contribution in [2.24, 2.45) is 0 Å². The summed E-state index contributed by atoms with van der Waals surface area (Å²) in [4.78, 5) is 12.2. The Balaban J connectivity index is 1.99. The Hall–Kier alpha value is -1.39. The molecule has 0 bridgehead atoms. The van der Waals surface area contributed by atoms with Crippen molar-refractivity contribution in [1.29, 1.82) is 0 Å². The van der Waals surface area contributed by atoms with Crippen LogP contribution in [-0.2, 0) is 17.8 Å². The second-order valence-corrected chi connectivity index (χ2v) is 5.75. The largest absolute Gasteiger partial charge is 0.396 e. The predicted molar refractivity (Wildman–Crippen MR) is 74.7 cm³/mol. The van der Waals surface area contributed by atoms with Crippen molar-refractivity contribution in [1.82, 2.24) is 10.6 Å². The van der Waals surface area contributed by atoms with Gasteiger partial charge in [-0.15, -0.1) is 0 Å². The summed E-state index contributed by atoms with van der Waals surface area (Å²) < 4.78 is 0. The maximum atomic E-state index is 12.2. The van der Waals surface area contributed by atoms with E-state index in [4.69, 9.17) is 5.11 Å². The van der Waals surface area contributed by atoms with Crippen molar-refractivity contribution in [2.75, 3.05) is 6.61 Å². The minimum absolute atomic E-state index is 0.00736. The first-order chi connectivity index (χ1) is 9.02. The van der Waals surface area contributed by atoms with Crippen LogP contribution in [0.2, 0.25) is 0 Å². The quantitative estimate of drug-likeness (QED) is 0.758. The number of hydrogen-bond acceptors (Lipinski definition) is 3. The molecular formula is C15H22N2O2. The molecule has 0 saturated heterocycles. The Morgan fingerprint density at radius 2 is 2.11 bits per heavy atom. The first-order valence-electron chi connectivity index (χ1n) is 6.75. The van der Waals surface area contributed by atoms with Crippen molar-refractivity contribution in [3.63, 3.8) is 0 Å². The minimum atomic E-state index is -0.371. The van der Waals surface area contributed by atoms with Crippen LogP contribution in [0.3, 0.4) is 0 Å². The molecule has 1 atom stereocenters. The van der Waals surface area contributed by atoms with Gasteiger partial charge in [0.05, 0.1) is 6.04 Å². The Morgan fingerprint density at radius 3 is 2.79 bits per heavy atom. The van der Waals surface area contributed by atoms with Gasteiger partial charge in [-0.2, -0.15) is 0 Å². The van der Waals surface area contributed by atoms with Crippen LogP contribution in [0.25, 0.3) is 0 Å². The number of rotatable bonds is 4. The lowest BCUT2D eigenvalue weighted by Crippen LogP contribution is -2.54. The summed E-state index contributed by atoms with van der Waals surface area (Å²) in [5.41, 5.74) is 2.13. The van der Waals surface area contributed by atoms with Crippen LogP contribution in [0, 0.1) is 0 Å². The molecule has 4 heteroatoms. The molecule has 1 aliphatic rings. The number of nitrogens with one attached hydrogen (secondary N) is 2. The van der Waals surface area contributed by atoms with E-state index in [0.29, 0.717) is 6.42 Å². The zero-order chi connectivity index (χ0) is 13.9. The van der Waals surface area contributed by atoms with Crippen molar-refractivity contribution in [3.8, 4) is 0 Å². The molecule has 2 rings (SSSR count). The summed E-state index contributed by atoms with van der Waals surface area (Å²) in [6, 6.07) is 8.01. The van der Waals surface area contributed by atoms with Gasteiger partial charge in [-0.3, -0.25) is 4.79 Å². The SMILES string of the molecule is CC(C)(CCO)NC(=O)C1Cc2ccccc2CN1. The van der Waals surface area contributed by atoms with E-state index in [9.17, 15) is 4.79 Å². The third-order valence-electron chi connectivity index (χ3n) is 3.60. The van der Waals surface area contributed by atoms with Crippen molar-refractivity contribution in [2.45, 2.75) is 44.8 Å². The predicted octanol–water partition coefficient (Wildman–Crippen LogP) is 0.978. The second kappa shape index (κ2) is 5.72. The average Bonchev–Trinajstić information content (AvgIpc) is 2.37. The molecule has 0 fully saturated rings. The monoisotopic (exact) mass is 262 g/mol. The van der Waals surface area contributed by atoms with Gasteiger partial charge in [0.1, 0.15) is 0 Å². The summed E-state index contributed by atoms with van der Waals surface area (Å²) in [6.07, 6.45) is 1.28. The molecule has 3 N–H and O–H groups in total. The summed E-state index contributed by atoms with van der Waals surface area (Å²) in [7, 11) is 0. The molecule has 19 heavy (non-hydrogen) atoms. The van der Waals surface area contributed by atoms with Crippen molar-refractivity contribution in [3.05, 3.63) is 35.4 Å². The highest BCUT2D eigenvalue weighted by Crippen LogP contribution is 2.17. The first-order valence-corrected chi connectivity index (χ1v) is 6.75. The third kappa shape index (κ3) is 3.55. The normalized spacial score (nSPS) is 18.8. The Labute approximate surface area is 114 Å². The standard InChI is InChI=1S/C15H22N2O2/c1-15(2,7-8-18)17-14(19)13-9-11-5-3-4-6-12(11)10-16-13/h3-6,13,16,18H,7-10H2,1-2H3,(H,17,19). The fourth-order valence-corrected chi connectivity index (χ4v) is 2.40. The minimum Gasteiger partial charge on any atom is -0.396 e. The summed E-state index contributed by atoms with van der Waals surface area (Å²) in [5.74, 6) is 0.00736. The van der Waals surface area contributed by atoms with Crippen LogP contribution in [-0.4, -0.2) is 29.2 Å². The van der Waals surface area contributed by atoms with Gasteiger partial charge in [-0.1, -0.05) is 24.3 Å². The highest BCUT2D eigenvalue weighted by Gasteiger charge is 2.28. The molecule has 0 aromatic heterocycles. The molecule has 1 heterocycles. The Bertz CT molecular complexity index is 457. The highest BCUT2D eigenvalue weighted by atomic mass is 16.3. The van der Waals surface area contributed by atoms with Gasteiger partial charge in [0, 0.05) is 18.7 Å². The molecule has 0 spiro atoms. The van der Waals surface area contributed by atoms with Crippen LogP contribution in [0.4, 0.5) is 0 Å². The molecule has 4 nitrogen and oxygen atoms in total.